The van der Waals surface area contributed by atoms with Gasteiger partial charge in [-0.25, -0.2) is 4.99 Å². The Morgan fingerprint density at radius 3 is 2.28 bits per heavy atom. The standard InChI is InChI=1S/C18H21N3OS2.HI/c1-4-15(22-11-1)7-9-19-18(21-14-17-6-3-13-24-17)20-10-8-16-5-2-12-23-16;/h1-6,11-13H,7-10,14H2,(H2,19,20,21);1H. The van der Waals surface area contributed by atoms with Gasteiger partial charge in [0.05, 0.1) is 12.8 Å². The molecule has 3 rings (SSSR count). The summed E-state index contributed by atoms with van der Waals surface area (Å²) in [6.07, 6.45) is 3.56. The summed E-state index contributed by atoms with van der Waals surface area (Å²) < 4.78 is 5.37. The van der Waals surface area contributed by atoms with Crippen LogP contribution in [0.5, 0.6) is 0 Å². The first-order valence-corrected chi connectivity index (χ1v) is 9.75. The van der Waals surface area contributed by atoms with E-state index in [-0.39, 0.29) is 24.0 Å². The van der Waals surface area contributed by atoms with Crippen LogP contribution in [0.4, 0.5) is 0 Å². The molecule has 0 atom stereocenters. The molecule has 0 aliphatic heterocycles. The smallest absolute Gasteiger partial charge is 0.191 e. The van der Waals surface area contributed by atoms with Gasteiger partial charge in [0.2, 0.25) is 0 Å². The van der Waals surface area contributed by atoms with Crippen LogP contribution in [-0.2, 0) is 19.4 Å². The molecule has 3 heterocycles. The summed E-state index contributed by atoms with van der Waals surface area (Å²) in [5.41, 5.74) is 0. The van der Waals surface area contributed by atoms with E-state index in [9.17, 15) is 0 Å². The third kappa shape index (κ3) is 7.21. The van der Waals surface area contributed by atoms with Gasteiger partial charge in [0, 0.05) is 29.3 Å². The molecule has 0 aliphatic rings. The summed E-state index contributed by atoms with van der Waals surface area (Å²) in [5.74, 6) is 1.84. The Kier molecular flexibility index (Phi) is 9.06. The average Bonchev–Trinajstić information content (AvgIpc) is 3.34. The molecule has 0 saturated carbocycles. The molecule has 3 aromatic rings. The van der Waals surface area contributed by atoms with Crippen LogP contribution in [0.25, 0.3) is 0 Å². The molecule has 0 unspecified atom stereocenters. The summed E-state index contributed by atoms with van der Waals surface area (Å²) in [6.45, 7) is 2.37. The van der Waals surface area contributed by atoms with Gasteiger partial charge in [-0.3, -0.25) is 0 Å². The number of guanidine groups is 1. The van der Waals surface area contributed by atoms with Crippen molar-refractivity contribution in [3.63, 3.8) is 0 Å². The van der Waals surface area contributed by atoms with Gasteiger partial charge in [0.15, 0.2) is 5.96 Å². The zero-order chi connectivity index (χ0) is 16.5. The lowest BCUT2D eigenvalue weighted by atomic mass is 10.3. The van der Waals surface area contributed by atoms with E-state index in [0.717, 1.165) is 37.7 Å². The first kappa shape index (κ1) is 20.0. The average molecular weight is 487 g/mol. The highest BCUT2D eigenvalue weighted by Gasteiger charge is 2.02. The van der Waals surface area contributed by atoms with Gasteiger partial charge >= 0.3 is 0 Å². The number of halogens is 1. The third-order valence-corrected chi connectivity index (χ3v) is 5.26. The molecular formula is C18H22IN3OS2. The second-order valence-corrected chi connectivity index (χ2v) is 7.32. The lowest BCUT2D eigenvalue weighted by Crippen LogP contribution is -2.39. The van der Waals surface area contributed by atoms with Crippen molar-refractivity contribution >= 4 is 52.6 Å². The van der Waals surface area contributed by atoms with Crippen molar-refractivity contribution in [3.8, 4) is 0 Å². The first-order valence-electron chi connectivity index (χ1n) is 7.99. The SMILES string of the molecule is I.c1coc(CCNC(=NCc2cccs2)NCCc2cccs2)c1. The number of rotatable bonds is 8. The topological polar surface area (TPSA) is 49.6 Å². The molecule has 2 N–H and O–H groups in total. The largest absolute Gasteiger partial charge is 0.469 e. The van der Waals surface area contributed by atoms with Crippen molar-refractivity contribution in [3.05, 3.63) is 68.9 Å². The van der Waals surface area contributed by atoms with E-state index in [0.29, 0.717) is 6.54 Å². The van der Waals surface area contributed by atoms with Gasteiger partial charge in [0.1, 0.15) is 5.76 Å². The van der Waals surface area contributed by atoms with Crippen molar-refractivity contribution in [2.45, 2.75) is 19.4 Å². The maximum absolute atomic E-state index is 5.37. The molecule has 134 valence electrons. The Balaban J connectivity index is 0.00000225. The van der Waals surface area contributed by atoms with Gasteiger partial charge in [-0.2, -0.15) is 0 Å². The second-order valence-electron chi connectivity index (χ2n) is 5.26. The van der Waals surface area contributed by atoms with E-state index in [1.165, 1.54) is 9.75 Å². The fourth-order valence-corrected chi connectivity index (χ4v) is 3.59. The Morgan fingerprint density at radius 2 is 1.64 bits per heavy atom. The normalized spacial score (nSPS) is 11.1. The fraction of sp³-hybridized carbons (Fsp3) is 0.278. The van der Waals surface area contributed by atoms with Crippen LogP contribution in [0.2, 0.25) is 0 Å². The molecule has 0 radical (unpaired) electrons. The number of hydrogen-bond donors (Lipinski definition) is 2. The van der Waals surface area contributed by atoms with Crippen LogP contribution in [0, 0.1) is 0 Å². The fourth-order valence-electron chi connectivity index (χ4n) is 2.25. The van der Waals surface area contributed by atoms with Gasteiger partial charge in [-0.1, -0.05) is 12.1 Å². The Bertz CT molecular complexity index is 667. The van der Waals surface area contributed by atoms with Crippen molar-refractivity contribution in [2.75, 3.05) is 13.1 Å². The number of hydrogen-bond acceptors (Lipinski definition) is 4. The van der Waals surface area contributed by atoms with Gasteiger partial charge in [-0.05, 0) is 41.4 Å². The van der Waals surface area contributed by atoms with E-state index < -0.39 is 0 Å². The zero-order valence-electron chi connectivity index (χ0n) is 13.8. The predicted molar refractivity (Wildman–Crippen MR) is 117 cm³/mol. The molecule has 0 aliphatic carbocycles. The minimum atomic E-state index is 0. The molecule has 4 nitrogen and oxygen atoms in total. The molecule has 7 heteroatoms. The highest BCUT2D eigenvalue weighted by Crippen LogP contribution is 2.10. The third-order valence-electron chi connectivity index (χ3n) is 3.46. The van der Waals surface area contributed by atoms with E-state index in [2.05, 4.69) is 50.7 Å². The molecule has 0 bridgehead atoms. The maximum atomic E-state index is 5.37. The number of aliphatic imine (C=N–C) groups is 1. The monoisotopic (exact) mass is 487 g/mol. The van der Waals surface area contributed by atoms with Crippen molar-refractivity contribution in [1.82, 2.24) is 10.6 Å². The van der Waals surface area contributed by atoms with Gasteiger partial charge in [0.25, 0.3) is 0 Å². The van der Waals surface area contributed by atoms with Crippen molar-refractivity contribution < 1.29 is 4.42 Å². The zero-order valence-corrected chi connectivity index (χ0v) is 17.8. The molecule has 0 amide bonds. The lowest BCUT2D eigenvalue weighted by Gasteiger charge is -2.11. The number of nitrogens with one attached hydrogen (secondary N) is 2. The second kappa shape index (κ2) is 11.3. The molecule has 3 aromatic heterocycles. The van der Waals surface area contributed by atoms with Crippen LogP contribution >= 0.6 is 46.7 Å². The van der Waals surface area contributed by atoms with Crippen LogP contribution in [0.3, 0.4) is 0 Å². The van der Waals surface area contributed by atoms with Crippen LogP contribution in [0.15, 0.2) is 62.8 Å². The summed E-state index contributed by atoms with van der Waals surface area (Å²) in [7, 11) is 0. The van der Waals surface area contributed by atoms with Crippen LogP contribution < -0.4 is 10.6 Å². The van der Waals surface area contributed by atoms with Crippen molar-refractivity contribution in [2.24, 2.45) is 4.99 Å². The van der Waals surface area contributed by atoms with Gasteiger partial charge in [-0.15, -0.1) is 46.7 Å². The number of nitrogens with zero attached hydrogens (tertiary/aromatic N) is 1. The number of furan rings is 1. The maximum Gasteiger partial charge on any atom is 0.191 e. The molecule has 25 heavy (non-hydrogen) atoms. The molecule has 0 spiro atoms. The molecular weight excluding hydrogens is 465 g/mol. The van der Waals surface area contributed by atoms with Gasteiger partial charge < -0.3 is 15.1 Å². The van der Waals surface area contributed by atoms with E-state index in [1.54, 1.807) is 28.9 Å². The summed E-state index contributed by atoms with van der Waals surface area (Å²) in [6, 6.07) is 12.3. The number of thiophene rings is 2. The summed E-state index contributed by atoms with van der Waals surface area (Å²) in [4.78, 5) is 7.33. The van der Waals surface area contributed by atoms with E-state index >= 15 is 0 Å². The first-order chi connectivity index (χ1) is 11.9. The predicted octanol–water partition coefficient (Wildman–Crippen LogP) is 4.54. The highest BCUT2D eigenvalue weighted by molar-refractivity contribution is 14.0. The quantitative estimate of drug-likeness (QED) is 0.279. The molecule has 0 saturated heterocycles. The summed E-state index contributed by atoms with van der Waals surface area (Å²) in [5, 5.41) is 11.0. The minimum absolute atomic E-state index is 0. The van der Waals surface area contributed by atoms with Crippen LogP contribution in [-0.4, -0.2) is 19.0 Å². The minimum Gasteiger partial charge on any atom is -0.469 e. The lowest BCUT2D eigenvalue weighted by molar-refractivity contribution is 0.506. The molecule has 0 aromatic carbocycles. The van der Waals surface area contributed by atoms with E-state index in [4.69, 9.17) is 4.42 Å². The molecule has 0 fully saturated rings. The Labute approximate surface area is 173 Å². The van der Waals surface area contributed by atoms with Crippen molar-refractivity contribution in [1.29, 1.82) is 0 Å². The Morgan fingerprint density at radius 1 is 0.920 bits per heavy atom. The summed E-state index contributed by atoms with van der Waals surface area (Å²) >= 11 is 3.52. The van der Waals surface area contributed by atoms with E-state index in [1.807, 2.05) is 12.1 Å². The highest BCUT2D eigenvalue weighted by atomic mass is 127. The van der Waals surface area contributed by atoms with Crippen LogP contribution in [0.1, 0.15) is 15.5 Å². The Hall–Kier alpha value is -1.32.